The van der Waals surface area contributed by atoms with Crippen LogP contribution in [0.15, 0.2) is 60.8 Å². The van der Waals surface area contributed by atoms with Gasteiger partial charge in [-0.1, -0.05) is 56.7 Å². The molecule has 5 heteroatoms. The average Bonchev–Trinajstić information content (AvgIpc) is 2.90. The number of pyridine rings is 1. The van der Waals surface area contributed by atoms with Crippen LogP contribution < -0.4 is 4.74 Å². The van der Waals surface area contributed by atoms with Crippen molar-refractivity contribution in [2.45, 2.75) is 52.4 Å². The minimum absolute atomic E-state index is 0.116. The number of nitrogens with zero attached hydrogens (tertiary/aromatic N) is 3. The minimum atomic E-state index is 0.116. The molecule has 0 bridgehead atoms. The van der Waals surface area contributed by atoms with Crippen molar-refractivity contribution in [3.8, 4) is 5.75 Å². The first-order chi connectivity index (χ1) is 18.0. The molecule has 0 radical (unpaired) electrons. The summed E-state index contributed by atoms with van der Waals surface area (Å²) in [7, 11) is 0. The second-order valence-electron chi connectivity index (χ2n) is 11.5. The van der Waals surface area contributed by atoms with E-state index in [9.17, 15) is 4.79 Å². The zero-order chi connectivity index (χ0) is 25.7. The van der Waals surface area contributed by atoms with Crippen molar-refractivity contribution in [1.29, 1.82) is 0 Å². The Hall–Kier alpha value is -2.92. The van der Waals surface area contributed by atoms with Crippen LogP contribution in [0.1, 0.15) is 61.9 Å². The molecular formula is C32H41N3O2. The molecule has 1 saturated heterocycles. The van der Waals surface area contributed by atoms with E-state index < -0.39 is 0 Å². The lowest BCUT2D eigenvalue weighted by atomic mass is 9.73. The predicted octanol–water partition coefficient (Wildman–Crippen LogP) is 6.22. The highest BCUT2D eigenvalue weighted by Crippen LogP contribution is 2.39. The maximum absolute atomic E-state index is 13.4. The molecule has 2 aliphatic rings. The third kappa shape index (κ3) is 6.32. The molecular weight excluding hydrogens is 458 g/mol. The topological polar surface area (TPSA) is 45.7 Å². The van der Waals surface area contributed by atoms with E-state index in [1.165, 1.54) is 24.8 Å². The summed E-state index contributed by atoms with van der Waals surface area (Å²) in [6.45, 7) is 10.1. The number of aryl methyl sites for hydroxylation is 1. The Morgan fingerprint density at radius 1 is 1.00 bits per heavy atom. The Morgan fingerprint density at radius 2 is 1.78 bits per heavy atom. The van der Waals surface area contributed by atoms with Crippen LogP contribution in [-0.4, -0.2) is 60.0 Å². The predicted molar refractivity (Wildman–Crippen MR) is 150 cm³/mol. The number of benzene rings is 2. The van der Waals surface area contributed by atoms with Gasteiger partial charge in [0.15, 0.2) is 0 Å². The van der Waals surface area contributed by atoms with Crippen molar-refractivity contribution < 1.29 is 9.53 Å². The molecule has 196 valence electrons. The highest BCUT2D eigenvalue weighted by atomic mass is 16.5. The Bertz CT molecular complexity index is 1200. The Labute approximate surface area is 221 Å². The number of likely N-dealkylation sites (tertiary alicyclic amines) is 1. The third-order valence-electron chi connectivity index (χ3n) is 8.17. The van der Waals surface area contributed by atoms with Crippen LogP contribution in [0.2, 0.25) is 0 Å². The summed E-state index contributed by atoms with van der Waals surface area (Å²) >= 11 is 0. The first-order valence-corrected chi connectivity index (χ1v) is 14.1. The highest BCUT2D eigenvalue weighted by molar-refractivity contribution is 5.97. The second kappa shape index (κ2) is 11.6. The molecule has 0 aliphatic carbocycles. The summed E-state index contributed by atoms with van der Waals surface area (Å²) in [5.41, 5.74) is 3.22. The molecule has 2 aromatic carbocycles. The zero-order valence-corrected chi connectivity index (χ0v) is 22.5. The van der Waals surface area contributed by atoms with Gasteiger partial charge in [0.25, 0.3) is 5.91 Å². The van der Waals surface area contributed by atoms with E-state index >= 15 is 0 Å². The number of carbonyl (C=O) groups excluding carboxylic acids is 1. The number of para-hydroxylation sites is 2. The van der Waals surface area contributed by atoms with E-state index in [2.05, 4.69) is 52.9 Å². The van der Waals surface area contributed by atoms with Crippen LogP contribution in [0.5, 0.6) is 5.75 Å². The molecule has 3 heterocycles. The molecule has 1 spiro atoms. The van der Waals surface area contributed by atoms with E-state index in [-0.39, 0.29) is 11.3 Å². The van der Waals surface area contributed by atoms with Gasteiger partial charge < -0.3 is 9.64 Å². The number of amides is 1. The minimum Gasteiger partial charge on any atom is -0.492 e. The van der Waals surface area contributed by atoms with Crippen molar-refractivity contribution in [3.63, 3.8) is 0 Å². The SMILES string of the molecule is CC(C)CN1CCOc2ccccc2CCCCC2(CCN(C(=O)c3cnc4ccccc4c3)CC2)C1. The highest BCUT2D eigenvalue weighted by Gasteiger charge is 2.37. The standard InChI is InChI=1S/C32H41N3O2/c1-25(2)23-34-19-20-37-30-13-6-4-9-26(30)10-7-8-14-32(24-34)15-17-35(18-16-32)31(36)28-21-27-11-3-5-12-29(27)33-22-28/h3-6,9,11-13,21-22,25H,7-8,10,14-20,23-24H2,1-2H3. The van der Waals surface area contributed by atoms with Crippen molar-refractivity contribution in [2.24, 2.45) is 11.3 Å². The molecule has 37 heavy (non-hydrogen) atoms. The Morgan fingerprint density at radius 3 is 2.62 bits per heavy atom. The molecule has 1 aromatic heterocycles. The lowest BCUT2D eigenvalue weighted by molar-refractivity contribution is 0.0355. The molecule has 0 unspecified atom stereocenters. The molecule has 0 atom stereocenters. The Balaban J connectivity index is 1.29. The van der Waals surface area contributed by atoms with Gasteiger partial charge in [0, 0.05) is 44.3 Å². The molecule has 3 aromatic rings. The molecule has 5 rings (SSSR count). The number of rotatable bonds is 3. The lowest BCUT2D eigenvalue weighted by Gasteiger charge is -2.45. The van der Waals surface area contributed by atoms with Crippen LogP contribution in [0.3, 0.4) is 0 Å². The average molecular weight is 500 g/mol. The van der Waals surface area contributed by atoms with E-state index in [1.54, 1.807) is 6.20 Å². The maximum atomic E-state index is 13.4. The van der Waals surface area contributed by atoms with Gasteiger partial charge in [-0.15, -0.1) is 0 Å². The summed E-state index contributed by atoms with van der Waals surface area (Å²) < 4.78 is 6.28. The van der Waals surface area contributed by atoms with Crippen LogP contribution >= 0.6 is 0 Å². The number of piperidine rings is 1. The van der Waals surface area contributed by atoms with Gasteiger partial charge >= 0.3 is 0 Å². The number of ether oxygens (including phenoxy) is 1. The van der Waals surface area contributed by atoms with E-state index in [4.69, 9.17) is 4.74 Å². The first-order valence-electron chi connectivity index (χ1n) is 14.1. The number of fused-ring (bicyclic) bond motifs is 2. The third-order valence-corrected chi connectivity index (χ3v) is 8.17. The van der Waals surface area contributed by atoms with Gasteiger partial charge in [0.1, 0.15) is 12.4 Å². The largest absolute Gasteiger partial charge is 0.492 e. The number of carbonyl (C=O) groups is 1. The van der Waals surface area contributed by atoms with Gasteiger partial charge in [-0.25, -0.2) is 0 Å². The van der Waals surface area contributed by atoms with E-state index in [0.29, 0.717) is 11.5 Å². The molecule has 0 N–H and O–H groups in total. The van der Waals surface area contributed by atoms with Gasteiger partial charge in [-0.2, -0.15) is 0 Å². The lowest BCUT2D eigenvalue weighted by Crippen LogP contribution is -2.49. The van der Waals surface area contributed by atoms with Crippen molar-refractivity contribution >= 4 is 16.8 Å². The first kappa shape index (κ1) is 25.7. The summed E-state index contributed by atoms with van der Waals surface area (Å²) in [5.74, 6) is 1.78. The summed E-state index contributed by atoms with van der Waals surface area (Å²) in [5, 5.41) is 1.02. The fraction of sp³-hybridized carbons (Fsp3) is 0.500. The normalized spacial score (nSPS) is 19.2. The van der Waals surface area contributed by atoms with Crippen LogP contribution in [0, 0.1) is 11.3 Å². The second-order valence-corrected chi connectivity index (χ2v) is 11.5. The molecule has 1 amide bonds. The van der Waals surface area contributed by atoms with Gasteiger partial charge in [-0.05, 0) is 67.2 Å². The van der Waals surface area contributed by atoms with Gasteiger partial charge in [0.2, 0.25) is 0 Å². The molecule has 0 saturated carbocycles. The van der Waals surface area contributed by atoms with Crippen LogP contribution in [0.25, 0.3) is 10.9 Å². The van der Waals surface area contributed by atoms with E-state index in [0.717, 1.165) is 75.2 Å². The summed E-state index contributed by atoms with van der Waals surface area (Å²) in [6.07, 6.45) is 8.56. The number of hydrogen-bond acceptors (Lipinski definition) is 4. The fourth-order valence-corrected chi connectivity index (χ4v) is 6.22. The maximum Gasteiger partial charge on any atom is 0.255 e. The van der Waals surface area contributed by atoms with Crippen molar-refractivity contribution in [1.82, 2.24) is 14.8 Å². The molecule has 2 aliphatic heterocycles. The van der Waals surface area contributed by atoms with Gasteiger partial charge in [0.05, 0.1) is 11.1 Å². The Kier molecular flexibility index (Phi) is 8.09. The van der Waals surface area contributed by atoms with Crippen molar-refractivity contribution in [2.75, 3.05) is 39.3 Å². The molecule has 1 fully saturated rings. The quantitative estimate of drug-likeness (QED) is 0.429. The van der Waals surface area contributed by atoms with Crippen LogP contribution in [-0.2, 0) is 6.42 Å². The molecule has 5 nitrogen and oxygen atoms in total. The summed E-state index contributed by atoms with van der Waals surface area (Å²) in [6, 6.07) is 18.5. The number of aromatic nitrogens is 1. The van der Waals surface area contributed by atoms with Crippen LogP contribution in [0.4, 0.5) is 0 Å². The summed E-state index contributed by atoms with van der Waals surface area (Å²) in [4.78, 5) is 22.6. The zero-order valence-electron chi connectivity index (χ0n) is 22.5. The fourth-order valence-electron chi connectivity index (χ4n) is 6.22. The van der Waals surface area contributed by atoms with E-state index in [1.807, 2.05) is 30.3 Å². The smallest absolute Gasteiger partial charge is 0.255 e. The monoisotopic (exact) mass is 499 g/mol. The van der Waals surface area contributed by atoms with Crippen molar-refractivity contribution in [3.05, 3.63) is 71.9 Å². The number of hydrogen-bond donors (Lipinski definition) is 0. The van der Waals surface area contributed by atoms with Gasteiger partial charge in [-0.3, -0.25) is 14.7 Å².